The molecule has 4 N–H and O–H groups in total. The van der Waals surface area contributed by atoms with Gasteiger partial charge in [-0.3, -0.25) is 4.79 Å². The van der Waals surface area contributed by atoms with Gasteiger partial charge >= 0.3 is 0 Å². The summed E-state index contributed by atoms with van der Waals surface area (Å²) in [4.78, 5) is 14.9. The lowest BCUT2D eigenvalue weighted by Gasteiger charge is -2.04. The number of benzene rings is 1. The van der Waals surface area contributed by atoms with Crippen LogP contribution in [-0.2, 0) is 10.0 Å². The molecule has 0 aliphatic heterocycles. The highest BCUT2D eigenvalue weighted by Crippen LogP contribution is 2.13. The maximum absolute atomic E-state index is 11.8. The molecule has 0 bridgehead atoms. The predicted molar refractivity (Wildman–Crippen MR) is 73.2 cm³/mol. The summed E-state index contributed by atoms with van der Waals surface area (Å²) in [5.41, 5.74) is 1.42. The van der Waals surface area contributed by atoms with Gasteiger partial charge in [0.25, 0.3) is 5.91 Å². The van der Waals surface area contributed by atoms with Crippen molar-refractivity contribution in [2.24, 2.45) is 5.14 Å². The zero-order valence-corrected chi connectivity index (χ0v) is 11.0. The topological polar surface area (TPSA) is 105 Å². The molecule has 1 aromatic heterocycles. The molecule has 2 aromatic rings. The van der Waals surface area contributed by atoms with Crippen LogP contribution in [-0.4, -0.2) is 31.6 Å². The summed E-state index contributed by atoms with van der Waals surface area (Å²) in [7, 11) is -3.46. The van der Waals surface area contributed by atoms with Gasteiger partial charge in [-0.05, 0) is 30.0 Å². The molecule has 0 atom stereocenters. The average Bonchev–Trinajstić information content (AvgIpc) is 2.80. The Labute approximate surface area is 111 Å². The highest BCUT2D eigenvalue weighted by molar-refractivity contribution is 7.89. The Bertz CT molecular complexity index is 691. The van der Waals surface area contributed by atoms with Crippen LogP contribution in [0.2, 0.25) is 0 Å². The highest BCUT2D eigenvalue weighted by Gasteiger charge is 2.07. The Morgan fingerprint density at radius 3 is 2.84 bits per heavy atom. The number of carbonyl (C=O) groups is 1. The second kappa shape index (κ2) is 5.41. The van der Waals surface area contributed by atoms with Crippen molar-refractivity contribution in [2.75, 3.05) is 12.3 Å². The van der Waals surface area contributed by atoms with Crippen molar-refractivity contribution in [3.05, 3.63) is 36.0 Å². The zero-order chi connectivity index (χ0) is 13.9. The molecule has 2 rings (SSSR count). The number of H-pyrrole nitrogens is 1. The van der Waals surface area contributed by atoms with Crippen molar-refractivity contribution in [2.45, 2.75) is 6.42 Å². The van der Waals surface area contributed by atoms with E-state index < -0.39 is 10.0 Å². The fourth-order valence-corrected chi connectivity index (χ4v) is 2.31. The van der Waals surface area contributed by atoms with Crippen LogP contribution in [0.25, 0.3) is 10.9 Å². The number of fused-ring (bicyclic) bond motifs is 1. The van der Waals surface area contributed by atoms with E-state index in [-0.39, 0.29) is 18.2 Å². The third-order valence-corrected chi connectivity index (χ3v) is 3.57. The molecule has 0 radical (unpaired) electrons. The summed E-state index contributed by atoms with van der Waals surface area (Å²) < 4.78 is 21.4. The average molecular weight is 281 g/mol. The smallest absolute Gasteiger partial charge is 0.251 e. The van der Waals surface area contributed by atoms with Gasteiger partial charge in [-0.2, -0.15) is 0 Å². The lowest BCUT2D eigenvalue weighted by Crippen LogP contribution is -2.27. The van der Waals surface area contributed by atoms with E-state index in [1.165, 1.54) is 0 Å². The van der Waals surface area contributed by atoms with Crippen molar-refractivity contribution < 1.29 is 13.2 Å². The molecule has 7 heteroatoms. The monoisotopic (exact) mass is 281 g/mol. The van der Waals surface area contributed by atoms with Gasteiger partial charge < -0.3 is 10.3 Å². The first-order chi connectivity index (χ1) is 8.96. The standard InChI is InChI=1S/C12H15N3O3S/c13-19(17,18)7-1-5-15-12(16)10-3-2-9-4-6-14-11(9)8-10/h2-4,6,8,14H,1,5,7H2,(H,15,16)(H2,13,17,18). The number of carbonyl (C=O) groups excluding carboxylic acids is 1. The first kappa shape index (κ1) is 13.6. The molecule has 1 aromatic carbocycles. The van der Waals surface area contributed by atoms with Gasteiger partial charge in [-0.1, -0.05) is 6.07 Å². The Hall–Kier alpha value is -1.86. The number of rotatable bonds is 5. The molecule has 0 unspecified atom stereocenters. The van der Waals surface area contributed by atoms with E-state index in [1.54, 1.807) is 18.3 Å². The Balaban J connectivity index is 1.92. The largest absolute Gasteiger partial charge is 0.361 e. The molecule has 19 heavy (non-hydrogen) atoms. The van der Waals surface area contributed by atoms with E-state index in [4.69, 9.17) is 5.14 Å². The Kier molecular flexibility index (Phi) is 3.87. The fraction of sp³-hybridized carbons (Fsp3) is 0.250. The molecule has 102 valence electrons. The number of amides is 1. The molecule has 1 amide bonds. The molecule has 6 nitrogen and oxygen atoms in total. The number of primary sulfonamides is 1. The van der Waals surface area contributed by atoms with E-state index in [9.17, 15) is 13.2 Å². The summed E-state index contributed by atoms with van der Waals surface area (Å²) in [6, 6.07) is 7.25. The fourth-order valence-electron chi connectivity index (χ4n) is 1.77. The van der Waals surface area contributed by atoms with Crippen LogP contribution in [0, 0.1) is 0 Å². The number of hydrogen-bond donors (Lipinski definition) is 3. The van der Waals surface area contributed by atoms with Crippen LogP contribution in [0.3, 0.4) is 0 Å². The third-order valence-electron chi connectivity index (χ3n) is 2.71. The van der Waals surface area contributed by atoms with Crippen molar-refractivity contribution in [3.8, 4) is 0 Å². The van der Waals surface area contributed by atoms with Crippen molar-refractivity contribution >= 4 is 26.8 Å². The summed E-state index contributed by atoms with van der Waals surface area (Å²) in [6.07, 6.45) is 2.10. The first-order valence-corrected chi connectivity index (χ1v) is 7.53. The Morgan fingerprint density at radius 1 is 1.32 bits per heavy atom. The normalized spacial score (nSPS) is 11.6. The zero-order valence-electron chi connectivity index (χ0n) is 10.2. The molecule has 0 aliphatic carbocycles. The number of aromatic nitrogens is 1. The lowest BCUT2D eigenvalue weighted by atomic mass is 10.1. The molecule has 0 saturated heterocycles. The quantitative estimate of drug-likeness (QED) is 0.698. The van der Waals surface area contributed by atoms with E-state index >= 15 is 0 Å². The van der Waals surface area contributed by atoms with E-state index in [1.807, 2.05) is 12.1 Å². The van der Waals surface area contributed by atoms with Gasteiger partial charge in [-0.25, -0.2) is 13.6 Å². The minimum Gasteiger partial charge on any atom is -0.361 e. The van der Waals surface area contributed by atoms with Crippen LogP contribution in [0.15, 0.2) is 30.5 Å². The van der Waals surface area contributed by atoms with E-state index in [0.29, 0.717) is 12.0 Å². The molecular weight excluding hydrogens is 266 g/mol. The number of hydrogen-bond acceptors (Lipinski definition) is 3. The van der Waals surface area contributed by atoms with Crippen LogP contribution in [0.4, 0.5) is 0 Å². The Morgan fingerprint density at radius 2 is 2.11 bits per heavy atom. The van der Waals surface area contributed by atoms with Gasteiger partial charge in [0.05, 0.1) is 5.75 Å². The van der Waals surface area contributed by atoms with Crippen LogP contribution in [0.5, 0.6) is 0 Å². The molecular formula is C12H15N3O3S. The number of nitrogens with one attached hydrogen (secondary N) is 2. The van der Waals surface area contributed by atoms with Crippen LogP contribution < -0.4 is 10.5 Å². The van der Waals surface area contributed by atoms with Gasteiger partial charge in [-0.15, -0.1) is 0 Å². The lowest BCUT2D eigenvalue weighted by molar-refractivity contribution is 0.0954. The number of aromatic amines is 1. The van der Waals surface area contributed by atoms with E-state index in [2.05, 4.69) is 10.3 Å². The van der Waals surface area contributed by atoms with Gasteiger partial charge in [0.1, 0.15) is 0 Å². The molecule has 0 spiro atoms. The SMILES string of the molecule is NS(=O)(=O)CCCNC(=O)c1ccc2cc[nH]c2c1. The van der Waals surface area contributed by atoms with Crippen molar-refractivity contribution in [1.82, 2.24) is 10.3 Å². The second-order valence-corrected chi connectivity index (χ2v) is 5.99. The summed E-state index contributed by atoms with van der Waals surface area (Å²) >= 11 is 0. The molecule has 0 saturated carbocycles. The third kappa shape index (κ3) is 3.80. The van der Waals surface area contributed by atoms with Crippen molar-refractivity contribution in [1.29, 1.82) is 0 Å². The predicted octanol–water partition coefficient (Wildman–Crippen LogP) is 0.576. The minimum atomic E-state index is -3.46. The maximum atomic E-state index is 11.8. The minimum absolute atomic E-state index is 0.136. The molecule has 1 heterocycles. The van der Waals surface area contributed by atoms with Crippen LogP contribution in [0.1, 0.15) is 16.8 Å². The van der Waals surface area contributed by atoms with Gasteiger partial charge in [0.2, 0.25) is 10.0 Å². The summed E-state index contributed by atoms with van der Waals surface area (Å²) in [6.45, 7) is 0.276. The summed E-state index contributed by atoms with van der Waals surface area (Å²) in [5.74, 6) is -0.367. The highest BCUT2D eigenvalue weighted by atomic mass is 32.2. The first-order valence-electron chi connectivity index (χ1n) is 5.81. The van der Waals surface area contributed by atoms with E-state index in [0.717, 1.165) is 10.9 Å². The molecule has 0 fully saturated rings. The maximum Gasteiger partial charge on any atom is 0.251 e. The summed E-state index contributed by atoms with van der Waals surface area (Å²) in [5, 5.41) is 8.56. The second-order valence-electron chi connectivity index (χ2n) is 4.26. The van der Waals surface area contributed by atoms with Gasteiger partial charge in [0.15, 0.2) is 0 Å². The molecule has 0 aliphatic rings. The van der Waals surface area contributed by atoms with Gasteiger partial charge in [0, 0.05) is 23.8 Å². The van der Waals surface area contributed by atoms with Crippen molar-refractivity contribution in [3.63, 3.8) is 0 Å². The number of sulfonamides is 1. The van der Waals surface area contributed by atoms with Crippen LogP contribution >= 0.6 is 0 Å². The number of nitrogens with two attached hydrogens (primary N) is 1.